The zero-order chi connectivity index (χ0) is 15.4. The topological polar surface area (TPSA) is 49.8 Å². The Morgan fingerprint density at radius 2 is 2.10 bits per heavy atom. The number of aliphatic hydroxyl groups is 1. The molecule has 0 saturated carbocycles. The van der Waals surface area contributed by atoms with E-state index in [2.05, 4.69) is 13.8 Å². The van der Waals surface area contributed by atoms with E-state index in [1.807, 2.05) is 24.3 Å². The third-order valence-corrected chi connectivity index (χ3v) is 4.15. The predicted molar refractivity (Wildman–Crippen MR) is 82.4 cm³/mol. The number of likely N-dealkylation sites (tertiary alicyclic amines) is 1. The molecule has 1 fully saturated rings. The van der Waals surface area contributed by atoms with Crippen molar-refractivity contribution in [3.8, 4) is 5.75 Å². The lowest BCUT2D eigenvalue weighted by Gasteiger charge is -2.19. The summed E-state index contributed by atoms with van der Waals surface area (Å²) >= 11 is 0. The second kappa shape index (κ2) is 6.94. The predicted octanol–water partition coefficient (Wildman–Crippen LogP) is 2.42. The number of carbonyl (C=O) groups excluding carboxylic acids is 1. The zero-order valence-corrected chi connectivity index (χ0v) is 13.1. The molecule has 0 aromatic heterocycles. The molecule has 0 spiro atoms. The maximum atomic E-state index is 12.2. The van der Waals surface area contributed by atoms with E-state index < -0.39 is 0 Å². The maximum Gasteiger partial charge on any atom is 0.260 e. The zero-order valence-electron chi connectivity index (χ0n) is 13.1. The Kier molecular flexibility index (Phi) is 5.23. The summed E-state index contributed by atoms with van der Waals surface area (Å²) in [6.07, 6.45) is 0.511. The molecule has 1 N–H and O–H groups in total. The summed E-state index contributed by atoms with van der Waals surface area (Å²) in [5.41, 5.74) is 1.12. The molecular weight excluding hydrogens is 266 g/mol. The van der Waals surface area contributed by atoms with Gasteiger partial charge in [0.25, 0.3) is 5.91 Å². The van der Waals surface area contributed by atoms with E-state index >= 15 is 0 Å². The van der Waals surface area contributed by atoms with Crippen molar-refractivity contribution >= 4 is 5.91 Å². The quantitative estimate of drug-likeness (QED) is 0.906. The minimum atomic E-state index is -0.356. The highest BCUT2D eigenvalue weighted by Gasteiger charge is 2.29. The number of rotatable bonds is 5. The van der Waals surface area contributed by atoms with Crippen LogP contribution in [0.15, 0.2) is 24.3 Å². The molecule has 2 unspecified atom stereocenters. The summed E-state index contributed by atoms with van der Waals surface area (Å²) < 4.78 is 5.71. The van der Waals surface area contributed by atoms with Gasteiger partial charge < -0.3 is 14.7 Å². The van der Waals surface area contributed by atoms with E-state index in [9.17, 15) is 9.90 Å². The van der Waals surface area contributed by atoms with Crippen molar-refractivity contribution in [3.63, 3.8) is 0 Å². The molecule has 0 radical (unpaired) electrons. The molecule has 2 rings (SSSR count). The van der Waals surface area contributed by atoms with E-state index in [-0.39, 0.29) is 24.5 Å². The van der Waals surface area contributed by atoms with Crippen molar-refractivity contribution in [1.82, 2.24) is 4.90 Å². The van der Waals surface area contributed by atoms with Crippen LogP contribution in [0.5, 0.6) is 5.75 Å². The Morgan fingerprint density at radius 3 is 2.71 bits per heavy atom. The number of benzene rings is 1. The molecule has 1 aliphatic rings. The lowest BCUT2D eigenvalue weighted by molar-refractivity contribution is -0.132. The molecule has 1 amide bonds. The van der Waals surface area contributed by atoms with Crippen LogP contribution in [-0.4, -0.2) is 41.7 Å². The maximum absolute atomic E-state index is 12.2. The summed E-state index contributed by atoms with van der Waals surface area (Å²) in [4.78, 5) is 14.0. The third-order valence-electron chi connectivity index (χ3n) is 4.15. The van der Waals surface area contributed by atoms with E-state index in [0.29, 0.717) is 19.0 Å². The van der Waals surface area contributed by atoms with Gasteiger partial charge in [0.1, 0.15) is 5.75 Å². The Bertz CT molecular complexity index is 485. The van der Waals surface area contributed by atoms with Crippen LogP contribution in [0.2, 0.25) is 0 Å². The fourth-order valence-corrected chi connectivity index (χ4v) is 2.73. The first-order chi connectivity index (χ1) is 9.99. The Balaban J connectivity index is 1.90. The molecule has 1 heterocycles. The van der Waals surface area contributed by atoms with Gasteiger partial charge in [0.2, 0.25) is 0 Å². The number of ether oxygens (including phenoxy) is 1. The third kappa shape index (κ3) is 3.97. The van der Waals surface area contributed by atoms with Crippen molar-refractivity contribution in [2.24, 2.45) is 5.92 Å². The molecule has 21 heavy (non-hydrogen) atoms. The van der Waals surface area contributed by atoms with Crippen molar-refractivity contribution in [1.29, 1.82) is 0 Å². The molecule has 4 heteroatoms. The summed E-state index contributed by atoms with van der Waals surface area (Å²) in [5, 5.41) is 9.59. The van der Waals surface area contributed by atoms with Gasteiger partial charge in [0, 0.05) is 19.0 Å². The first-order valence-electron chi connectivity index (χ1n) is 7.66. The number of nitrogens with zero attached hydrogens (tertiary/aromatic N) is 1. The highest BCUT2D eigenvalue weighted by atomic mass is 16.5. The standard InChI is InChI=1S/C17H25NO3/c1-12(2)15-6-4-5-7-16(15)21-11-17(20)18-9-8-14(10-18)13(3)19/h4-7,12-14,19H,8-11H2,1-3H3. The minimum Gasteiger partial charge on any atom is -0.483 e. The van der Waals surface area contributed by atoms with Gasteiger partial charge in [-0.15, -0.1) is 0 Å². The van der Waals surface area contributed by atoms with Crippen LogP contribution < -0.4 is 4.74 Å². The molecule has 4 nitrogen and oxygen atoms in total. The van der Waals surface area contributed by atoms with Crippen LogP contribution in [0.4, 0.5) is 0 Å². The van der Waals surface area contributed by atoms with Crippen LogP contribution in [0.25, 0.3) is 0 Å². The van der Waals surface area contributed by atoms with E-state index in [1.165, 1.54) is 0 Å². The van der Waals surface area contributed by atoms with Crippen molar-refractivity contribution in [2.75, 3.05) is 19.7 Å². The van der Waals surface area contributed by atoms with Crippen LogP contribution >= 0.6 is 0 Å². The van der Waals surface area contributed by atoms with E-state index in [1.54, 1.807) is 11.8 Å². The first-order valence-corrected chi connectivity index (χ1v) is 7.66. The van der Waals surface area contributed by atoms with Gasteiger partial charge >= 0.3 is 0 Å². The SMILES string of the molecule is CC(C)c1ccccc1OCC(=O)N1CCC(C(C)O)C1. The molecule has 0 aliphatic carbocycles. The lowest BCUT2D eigenvalue weighted by atomic mass is 10.0. The number of amides is 1. The minimum absolute atomic E-state index is 0.00305. The van der Waals surface area contributed by atoms with Gasteiger partial charge in [-0.05, 0) is 30.9 Å². The van der Waals surface area contributed by atoms with Gasteiger partial charge in [0.15, 0.2) is 6.61 Å². The van der Waals surface area contributed by atoms with E-state index in [4.69, 9.17) is 4.74 Å². The smallest absolute Gasteiger partial charge is 0.260 e. The molecule has 0 bridgehead atoms. The van der Waals surface area contributed by atoms with Crippen molar-refractivity contribution in [3.05, 3.63) is 29.8 Å². The monoisotopic (exact) mass is 291 g/mol. The molecular formula is C17H25NO3. The molecule has 2 atom stereocenters. The normalized spacial score (nSPS) is 19.9. The number of para-hydroxylation sites is 1. The van der Waals surface area contributed by atoms with Crippen molar-refractivity contribution in [2.45, 2.75) is 39.2 Å². The van der Waals surface area contributed by atoms with Crippen LogP contribution in [0.1, 0.15) is 38.7 Å². The Morgan fingerprint density at radius 1 is 1.38 bits per heavy atom. The summed E-state index contributed by atoms with van der Waals surface area (Å²) in [6.45, 7) is 7.41. The molecule has 116 valence electrons. The Labute approximate surface area is 126 Å². The number of hydrogen-bond acceptors (Lipinski definition) is 3. The largest absolute Gasteiger partial charge is 0.483 e. The summed E-state index contributed by atoms with van der Waals surface area (Å²) in [7, 11) is 0. The molecule has 1 aliphatic heterocycles. The van der Waals surface area contributed by atoms with Crippen LogP contribution in [-0.2, 0) is 4.79 Å². The fraction of sp³-hybridized carbons (Fsp3) is 0.588. The van der Waals surface area contributed by atoms with Gasteiger partial charge in [-0.25, -0.2) is 0 Å². The second-order valence-corrected chi connectivity index (χ2v) is 6.11. The number of carbonyl (C=O) groups is 1. The highest BCUT2D eigenvalue weighted by molar-refractivity contribution is 5.78. The van der Waals surface area contributed by atoms with Crippen molar-refractivity contribution < 1.29 is 14.6 Å². The highest BCUT2D eigenvalue weighted by Crippen LogP contribution is 2.26. The summed E-state index contributed by atoms with van der Waals surface area (Å²) in [6, 6.07) is 7.84. The average Bonchev–Trinajstić information content (AvgIpc) is 2.95. The second-order valence-electron chi connectivity index (χ2n) is 6.11. The average molecular weight is 291 g/mol. The lowest BCUT2D eigenvalue weighted by Crippen LogP contribution is -2.34. The number of hydrogen-bond donors (Lipinski definition) is 1. The Hall–Kier alpha value is -1.55. The summed E-state index contributed by atoms with van der Waals surface area (Å²) in [5.74, 6) is 1.34. The van der Waals surface area contributed by atoms with Gasteiger partial charge in [-0.1, -0.05) is 32.0 Å². The fourth-order valence-electron chi connectivity index (χ4n) is 2.73. The molecule has 1 aromatic carbocycles. The van der Waals surface area contributed by atoms with Crippen LogP contribution in [0, 0.1) is 5.92 Å². The van der Waals surface area contributed by atoms with Gasteiger partial charge in [-0.2, -0.15) is 0 Å². The molecule has 1 saturated heterocycles. The van der Waals surface area contributed by atoms with Crippen LogP contribution in [0.3, 0.4) is 0 Å². The first kappa shape index (κ1) is 15.8. The van der Waals surface area contributed by atoms with Gasteiger partial charge in [-0.3, -0.25) is 4.79 Å². The van der Waals surface area contributed by atoms with E-state index in [0.717, 1.165) is 17.7 Å². The molecule has 1 aromatic rings. The number of aliphatic hydroxyl groups excluding tert-OH is 1. The van der Waals surface area contributed by atoms with Gasteiger partial charge in [0.05, 0.1) is 6.10 Å².